The first-order valence-electron chi connectivity index (χ1n) is 7.58. The molecular formula is C17H18F2N2O3S. The van der Waals surface area contributed by atoms with Crippen LogP contribution < -0.4 is 10.6 Å². The number of amides is 1. The van der Waals surface area contributed by atoms with Gasteiger partial charge in [-0.15, -0.1) is 11.3 Å². The van der Waals surface area contributed by atoms with Crippen molar-refractivity contribution in [3.8, 4) is 0 Å². The van der Waals surface area contributed by atoms with Crippen LogP contribution in [0.2, 0.25) is 0 Å². The lowest BCUT2D eigenvalue weighted by Crippen LogP contribution is -2.22. The van der Waals surface area contributed by atoms with E-state index in [0.29, 0.717) is 10.6 Å². The van der Waals surface area contributed by atoms with Gasteiger partial charge >= 0.3 is 5.97 Å². The highest BCUT2D eigenvalue weighted by atomic mass is 32.1. The fourth-order valence-corrected chi connectivity index (χ4v) is 3.24. The van der Waals surface area contributed by atoms with Gasteiger partial charge in [0, 0.05) is 16.6 Å². The lowest BCUT2D eigenvalue weighted by molar-refractivity contribution is -0.114. The summed E-state index contributed by atoms with van der Waals surface area (Å²) in [5, 5.41) is 5.67. The smallest absolute Gasteiger partial charge is 0.341 e. The molecule has 2 N–H and O–H groups in total. The zero-order valence-electron chi connectivity index (χ0n) is 14.0. The van der Waals surface area contributed by atoms with Gasteiger partial charge in [0.05, 0.1) is 18.7 Å². The van der Waals surface area contributed by atoms with Crippen LogP contribution in [-0.4, -0.2) is 25.0 Å². The molecule has 0 saturated heterocycles. The molecule has 0 saturated carbocycles. The zero-order chi connectivity index (χ0) is 18.6. The van der Waals surface area contributed by atoms with Gasteiger partial charge in [0.2, 0.25) is 5.91 Å². The van der Waals surface area contributed by atoms with Gasteiger partial charge in [-0.2, -0.15) is 0 Å². The second-order valence-corrected chi connectivity index (χ2v) is 6.49. The monoisotopic (exact) mass is 368 g/mol. The average molecular weight is 368 g/mol. The van der Waals surface area contributed by atoms with Crippen molar-refractivity contribution < 1.29 is 23.1 Å². The molecule has 1 amide bonds. The molecular weight excluding hydrogens is 350 g/mol. The topological polar surface area (TPSA) is 67.4 Å². The molecule has 134 valence electrons. The summed E-state index contributed by atoms with van der Waals surface area (Å²) in [6, 6.07) is 2.91. The van der Waals surface area contributed by atoms with E-state index in [0.717, 1.165) is 28.6 Å². The number of hydrogen-bond donors (Lipinski definition) is 2. The number of rotatable bonds is 6. The molecule has 0 atom stereocenters. The summed E-state index contributed by atoms with van der Waals surface area (Å²) in [5.41, 5.74) is 1.23. The van der Waals surface area contributed by atoms with Crippen LogP contribution in [0.5, 0.6) is 0 Å². The van der Waals surface area contributed by atoms with Crippen molar-refractivity contribution in [3.05, 3.63) is 45.8 Å². The van der Waals surface area contributed by atoms with Crippen molar-refractivity contribution in [1.82, 2.24) is 0 Å². The number of anilines is 2. The number of carbonyl (C=O) groups excluding carboxylic acids is 2. The van der Waals surface area contributed by atoms with E-state index in [4.69, 9.17) is 4.74 Å². The average Bonchev–Trinajstić information content (AvgIpc) is 2.79. The highest BCUT2D eigenvalue weighted by molar-refractivity contribution is 7.16. The first kappa shape index (κ1) is 18.9. The number of carbonyl (C=O) groups is 2. The Bertz CT molecular complexity index is 785. The summed E-state index contributed by atoms with van der Waals surface area (Å²) >= 11 is 1.27. The molecule has 8 heteroatoms. The largest absolute Gasteiger partial charge is 0.462 e. The quantitative estimate of drug-likeness (QED) is 0.760. The molecule has 25 heavy (non-hydrogen) atoms. The zero-order valence-corrected chi connectivity index (χ0v) is 14.9. The van der Waals surface area contributed by atoms with Gasteiger partial charge in [0.25, 0.3) is 0 Å². The Kier molecular flexibility index (Phi) is 6.08. The third kappa shape index (κ3) is 4.76. The van der Waals surface area contributed by atoms with Crippen molar-refractivity contribution in [1.29, 1.82) is 0 Å². The van der Waals surface area contributed by atoms with Crippen LogP contribution >= 0.6 is 11.3 Å². The highest BCUT2D eigenvalue weighted by Crippen LogP contribution is 2.33. The predicted molar refractivity (Wildman–Crippen MR) is 93.2 cm³/mol. The van der Waals surface area contributed by atoms with E-state index in [1.165, 1.54) is 11.3 Å². The fraction of sp³-hybridized carbons (Fsp3) is 0.294. The van der Waals surface area contributed by atoms with E-state index in [1.807, 2.05) is 6.92 Å². The molecule has 1 aromatic heterocycles. The normalized spacial score (nSPS) is 10.4. The van der Waals surface area contributed by atoms with Crippen molar-refractivity contribution in [2.75, 3.05) is 23.8 Å². The molecule has 0 aliphatic carbocycles. The molecule has 5 nitrogen and oxygen atoms in total. The molecule has 1 heterocycles. The summed E-state index contributed by atoms with van der Waals surface area (Å²) in [5.74, 6) is -2.43. The van der Waals surface area contributed by atoms with Gasteiger partial charge < -0.3 is 15.4 Å². The van der Waals surface area contributed by atoms with Crippen LogP contribution in [0.25, 0.3) is 0 Å². The second-order valence-electron chi connectivity index (χ2n) is 5.27. The summed E-state index contributed by atoms with van der Waals surface area (Å²) in [6.07, 6.45) is 0. The van der Waals surface area contributed by atoms with Gasteiger partial charge in [-0.3, -0.25) is 4.79 Å². The van der Waals surface area contributed by atoms with Crippen molar-refractivity contribution in [2.45, 2.75) is 20.8 Å². The Balaban J connectivity index is 2.07. The van der Waals surface area contributed by atoms with Crippen LogP contribution in [-0.2, 0) is 9.53 Å². The van der Waals surface area contributed by atoms with Crippen LogP contribution in [0.15, 0.2) is 18.2 Å². The van der Waals surface area contributed by atoms with Crippen molar-refractivity contribution in [2.24, 2.45) is 0 Å². The summed E-state index contributed by atoms with van der Waals surface area (Å²) in [4.78, 5) is 25.1. The minimum absolute atomic E-state index is 0.150. The van der Waals surface area contributed by atoms with Gasteiger partial charge in [0.1, 0.15) is 16.6 Å². The van der Waals surface area contributed by atoms with Crippen LogP contribution in [0.4, 0.5) is 19.5 Å². The molecule has 0 unspecified atom stereocenters. The second kappa shape index (κ2) is 8.06. The number of halogens is 2. The fourth-order valence-electron chi connectivity index (χ4n) is 2.17. The number of hydrogen-bond acceptors (Lipinski definition) is 5. The highest BCUT2D eigenvalue weighted by Gasteiger charge is 2.21. The third-order valence-electron chi connectivity index (χ3n) is 3.43. The Morgan fingerprint density at radius 3 is 2.40 bits per heavy atom. The number of thiophene rings is 1. The predicted octanol–water partition coefficient (Wildman–Crippen LogP) is 3.87. The summed E-state index contributed by atoms with van der Waals surface area (Å²) < 4.78 is 31.3. The lowest BCUT2D eigenvalue weighted by Gasteiger charge is -2.09. The Morgan fingerprint density at radius 2 is 1.80 bits per heavy atom. The SMILES string of the molecule is CCOC(=O)c1c(NC(=O)CNc2cc(F)cc(F)c2)sc(C)c1C. The van der Waals surface area contributed by atoms with Gasteiger partial charge in [0.15, 0.2) is 0 Å². The molecule has 0 bridgehead atoms. The molecule has 2 aromatic rings. The summed E-state index contributed by atoms with van der Waals surface area (Å²) in [7, 11) is 0. The van der Waals surface area contributed by atoms with E-state index >= 15 is 0 Å². The maximum Gasteiger partial charge on any atom is 0.341 e. The maximum atomic E-state index is 13.1. The van der Waals surface area contributed by atoms with E-state index < -0.39 is 23.5 Å². The van der Waals surface area contributed by atoms with Gasteiger partial charge in [-0.05, 0) is 38.5 Å². The Morgan fingerprint density at radius 1 is 1.16 bits per heavy atom. The number of benzene rings is 1. The maximum absolute atomic E-state index is 13.1. The Labute approximate surface area is 148 Å². The molecule has 0 aliphatic rings. The number of nitrogens with one attached hydrogen (secondary N) is 2. The molecule has 1 aromatic carbocycles. The van der Waals surface area contributed by atoms with E-state index in [2.05, 4.69) is 10.6 Å². The minimum Gasteiger partial charge on any atom is -0.462 e. The number of esters is 1. The van der Waals surface area contributed by atoms with Crippen LogP contribution in [0.1, 0.15) is 27.7 Å². The van der Waals surface area contributed by atoms with Gasteiger partial charge in [-0.1, -0.05) is 0 Å². The third-order valence-corrected chi connectivity index (χ3v) is 4.56. The molecule has 0 spiro atoms. The molecule has 2 rings (SSSR count). The Hall–Kier alpha value is -2.48. The van der Waals surface area contributed by atoms with E-state index in [-0.39, 0.29) is 18.8 Å². The molecule has 0 radical (unpaired) electrons. The lowest BCUT2D eigenvalue weighted by atomic mass is 10.1. The van der Waals surface area contributed by atoms with E-state index in [1.54, 1.807) is 13.8 Å². The first-order chi connectivity index (χ1) is 11.8. The standard InChI is InChI=1S/C17H18F2N2O3S/c1-4-24-17(23)15-9(2)10(3)25-16(15)21-14(22)8-20-13-6-11(18)5-12(19)7-13/h5-7,20H,4,8H2,1-3H3,(H,21,22). The number of ether oxygens (including phenoxy) is 1. The van der Waals surface area contributed by atoms with Crippen LogP contribution in [0, 0.1) is 25.5 Å². The number of aryl methyl sites for hydroxylation is 1. The molecule has 0 aliphatic heterocycles. The summed E-state index contributed by atoms with van der Waals surface area (Å²) in [6.45, 7) is 5.34. The van der Waals surface area contributed by atoms with Crippen LogP contribution in [0.3, 0.4) is 0 Å². The van der Waals surface area contributed by atoms with Gasteiger partial charge in [-0.25, -0.2) is 13.6 Å². The van der Waals surface area contributed by atoms with Crippen molar-refractivity contribution >= 4 is 33.9 Å². The molecule has 0 fully saturated rings. The van der Waals surface area contributed by atoms with E-state index in [9.17, 15) is 18.4 Å². The first-order valence-corrected chi connectivity index (χ1v) is 8.40. The van der Waals surface area contributed by atoms with Crippen molar-refractivity contribution in [3.63, 3.8) is 0 Å². The minimum atomic E-state index is -0.739.